The fourth-order valence-electron chi connectivity index (χ4n) is 9.00. The summed E-state index contributed by atoms with van der Waals surface area (Å²) in [6.07, 6.45) is 0. The number of ether oxygens (including phenoxy) is 3. The average molecular weight is 1000 g/mol. The molecule has 0 unspecified atom stereocenters. The lowest BCUT2D eigenvalue weighted by atomic mass is 9.94. The number of aromatic nitrogens is 4. The first-order valence-electron chi connectivity index (χ1n) is 19.7. The average Bonchev–Trinajstić information content (AvgIpc) is 4.08. The van der Waals surface area contributed by atoms with Gasteiger partial charge in [-0.1, -0.05) is 0 Å². The Labute approximate surface area is 393 Å². The molecule has 7 nitrogen and oxygen atoms in total. The van der Waals surface area contributed by atoms with E-state index in [0.29, 0.717) is 35.9 Å². The monoisotopic (exact) mass is 1000 g/mol. The highest BCUT2D eigenvalue weighted by atomic mass is 32.1. The molecule has 0 atom stereocenters. The molecule has 0 radical (unpaired) electrons. The largest absolute Gasteiger partial charge is 0.482 e. The molecule has 0 amide bonds. The Morgan fingerprint density at radius 1 is 0.406 bits per heavy atom. The van der Waals surface area contributed by atoms with E-state index < -0.39 is 40.1 Å². The summed E-state index contributed by atoms with van der Waals surface area (Å²) in [7, 11) is 0. The number of benzene rings is 2. The summed E-state index contributed by atoms with van der Waals surface area (Å²) in [5, 5.41) is 3.97. The smallest absolute Gasteiger partial charge is 0.170 e. The first-order chi connectivity index (χ1) is 30.6. The lowest BCUT2D eigenvalue weighted by molar-refractivity contribution is 0.107. The molecule has 0 saturated carbocycles. The molecule has 8 aromatic heterocycles. The van der Waals surface area contributed by atoms with Crippen LogP contribution in [-0.4, -0.2) is 17.5 Å². The molecule has 0 spiro atoms. The topological polar surface area (TPSA) is 79.2 Å². The second kappa shape index (κ2) is 13.3. The minimum Gasteiger partial charge on any atom is -0.482 e. The summed E-state index contributed by atoms with van der Waals surface area (Å²) >= 11 is 10.1. The van der Waals surface area contributed by atoms with Gasteiger partial charge in [0.2, 0.25) is 0 Å². The molecule has 2 aromatic carbocycles. The molecule has 11 heterocycles. The Balaban J connectivity index is 0.920. The van der Waals surface area contributed by atoms with Crippen LogP contribution >= 0.6 is 91.5 Å². The van der Waals surface area contributed by atoms with Gasteiger partial charge in [-0.3, -0.25) is 0 Å². The zero-order valence-electron chi connectivity index (χ0n) is 33.9. The van der Waals surface area contributed by atoms with Gasteiger partial charge in [-0.05, 0) is 88.7 Å². The normalized spacial score (nSPS) is 16.1. The summed E-state index contributed by atoms with van der Waals surface area (Å²) < 4.78 is 105. The molecule has 3 aliphatic rings. The lowest BCUT2D eigenvalue weighted by Gasteiger charge is -2.31. The molecule has 10 aromatic rings. The van der Waals surface area contributed by atoms with Gasteiger partial charge >= 0.3 is 0 Å². The summed E-state index contributed by atoms with van der Waals surface area (Å²) in [6.45, 7) is 11.7. The summed E-state index contributed by atoms with van der Waals surface area (Å²) in [5.74, 6) is -2.32. The summed E-state index contributed by atoms with van der Waals surface area (Å²) in [6, 6.07) is 11.1. The third-order valence-electron chi connectivity index (χ3n) is 12.0. The van der Waals surface area contributed by atoms with Crippen molar-refractivity contribution in [3.63, 3.8) is 0 Å². The number of hydrogen-bond donors (Lipinski definition) is 0. The predicted molar refractivity (Wildman–Crippen MR) is 254 cm³/mol. The van der Waals surface area contributed by atoms with Gasteiger partial charge in [-0.25, -0.2) is 17.6 Å². The van der Waals surface area contributed by atoms with Gasteiger partial charge in [-0.2, -0.15) is 17.5 Å². The molecule has 0 aliphatic carbocycles. The maximum absolute atomic E-state index is 16.8. The quantitative estimate of drug-likeness (QED) is 0.163. The van der Waals surface area contributed by atoms with Crippen LogP contribution in [0.25, 0.3) is 93.1 Å². The molecule has 0 saturated heterocycles. The van der Waals surface area contributed by atoms with Crippen LogP contribution in [0.1, 0.15) is 58.2 Å². The molecular formula is C45H26F4N4O3S8. The molecule has 0 fully saturated rings. The van der Waals surface area contributed by atoms with Crippen LogP contribution in [0.2, 0.25) is 0 Å². The maximum Gasteiger partial charge on any atom is 0.170 e. The standard InChI is InChI=1S/C45H26F4N4O3S8/c1-43(2)15-7-9-57-37(15)41-19(55-43)13-23(61-41)27-31(48)30(47)26(34-35(27)52-64-51-34)22-12-17-39(60-22)42-20(56-45(17,5)6)14-24(62-42)28-32(49)29(46)25(33-36(28)53-63-50-33)21-11-16-38(59-21)40-18(8-10-58-40)54-44(16,3)4/h7-14H,1-6H3. The van der Waals surface area contributed by atoms with Crippen LogP contribution < -0.4 is 14.2 Å². The Morgan fingerprint density at radius 2 is 0.766 bits per heavy atom. The predicted octanol–water partition coefficient (Wildman–Crippen LogP) is 16.2. The van der Waals surface area contributed by atoms with Gasteiger partial charge in [0.05, 0.1) is 75.0 Å². The van der Waals surface area contributed by atoms with E-state index in [0.717, 1.165) is 70.3 Å². The highest BCUT2D eigenvalue weighted by molar-refractivity contribution is 7.26. The highest BCUT2D eigenvalue weighted by Gasteiger charge is 2.41. The van der Waals surface area contributed by atoms with Gasteiger partial charge in [0.25, 0.3) is 0 Å². The van der Waals surface area contributed by atoms with Gasteiger partial charge < -0.3 is 14.2 Å². The fraction of sp³-hybridized carbons (Fsp3) is 0.200. The van der Waals surface area contributed by atoms with E-state index in [1.54, 1.807) is 40.9 Å². The van der Waals surface area contributed by atoms with Crippen molar-refractivity contribution in [1.29, 1.82) is 0 Å². The van der Waals surface area contributed by atoms with Crippen LogP contribution in [0.5, 0.6) is 17.2 Å². The van der Waals surface area contributed by atoms with Crippen molar-refractivity contribution in [3.8, 4) is 88.3 Å². The molecule has 0 bridgehead atoms. The zero-order valence-corrected chi connectivity index (χ0v) is 40.4. The van der Waals surface area contributed by atoms with Crippen molar-refractivity contribution < 1.29 is 31.8 Å². The van der Waals surface area contributed by atoms with Crippen LogP contribution in [0, 0.1) is 23.3 Å². The van der Waals surface area contributed by atoms with Crippen molar-refractivity contribution in [3.05, 3.63) is 87.1 Å². The first-order valence-corrected chi connectivity index (χ1v) is 26.2. The first kappa shape index (κ1) is 39.7. The summed E-state index contributed by atoms with van der Waals surface area (Å²) in [4.78, 5) is 7.03. The third-order valence-corrected chi connectivity index (χ3v) is 19.9. The highest BCUT2D eigenvalue weighted by Crippen LogP contribution is 2.60. The van der Waals surface area contributed by atoms with Crippen LogP contribution in [0.4, 0.5) is 17.6 Å². The maximum atomic E-state index is 16.8. The van der Waals surface area contributed by atoms with E-state index in [9.17, 15) is 0 Å². The molecule has 3 aliphatic heterocycles. The second-order valence-electron chi connectivity index (χ2n) is 17.1. The number of nitrogens with zero attached hydrogens (tertiary/aromatic N) is 4. The van der Waals surface area contributed by atoms with E-state index >= 15 is 17.6 Å². The zero-order chi connectivity index (χ0) is 43.9. The lowest BCUT2D eigenvalue weighted by Crippen LogP contribution is -2.27. The minimum absolute atomic E-state index is 0.00255. The van der Waals surface area contributed by atoms with E-state index in [1.165, 1.54) is 45.3 Å². The fourth-order valence-corrected chi connectivity index (χ4v) is 17.4. The molecule has 0 N–H and O–H groups in total. The number of halogens is 4. The molecule has 13 rings (SSSR count). The molecule has 19 heteroatoms. The Morgan fingerprint density at radius 3 is 1.25 bits per heavy atom. The van der Waals surface area contributed by atoms with Gasteiger partial charge in [0.15, 0.2) is 23.3 Å². The summed E-state index contributed by atoms with van der Waals surface area (Å²) in [5.41, 5.74) is 1.51. The van der Waals surface area contributed by atoms with E-state index in [4.69, 9.17) is 14.2 Å². The Hall–Kier alpha value is -4.60. The van der Waals surface area contributed by atoms with E-state index in [1.807, 2.05) is 70.5 Å². The molecule has 320 valence electrons. The van der Waals surface area contributed by atoms with Gasteiger partial charge in [0.1, 0.15) is 56.1 Å². The van der Waals surface area contributed by atoms with Crippen LogP contribution in [0.15, 0.2) is 47.2 Å². The SMILES string of the molecule is CC1(C)Oc2cc(-c3c(F)c(F)c(-c4cc5c(s4)-c4sc(-c6c(F)c(F)c(-c7cc8c(s7)-c7sccc7OC8(C)C)c7nsnc67)cc4OC5(C)C)c4nsnc34)sc2-c2sccc21. The number of fused-ring (bicyclic) bond motifs is 11. The van der Waals surface area contributed by atoms with Crippen molar-refractivity contribution in [2.45, 2.75) is 58.3 Å². The van der Waals surface area contributed by atoms with Crippen molar-refractivity contribution in [2.75, 3.05) is 0 Å². The Bertz CT molecular complexity index is 3670. The molecular weight excluding hydrogens is 977 g/mol. The van der Waals surface area contributed by atoms with Crippen LogP contribution in [0.3, 0.4) is 0 Å². The van der Waals surface area contributed by atoms with E-state index in [-0.39, 0.29) is 44.3 Å². The number of hydrogen-bond acceptors (Lipinski definition) is 15. The van der Waals surface area contributed by atoms with Crippen molar-refractivity contribution in [1.82, 2.24) is 17.5 Å². The number of thiophene rings is 6. The second-order valence-corrected chi connectivity index (χ2v) is 24.2. The van der Waals surface area contributed by atoms with Gasteiger partial charge in [0, 0.05) is 36.2 Å². The van der Waals surface area contributed by atoms with Gasteiger partial charge in [-0.15, -0.1) is 68.0 Å². The van der Waals surface area contributed by atoms with E-state index in [2.05, 4.69) is 17.5 Å². The minimum atomic E-state index is -1.05. The third kappa shape index (κ3) is 5.37. The number of rotatable bonds is 4. The van der Waals surface area contributed by atoms with Crippen LogP contribution in [-0.2, 0) is 16.8 Å². The van der Waals surface area contributed by atoms with Crippen molar-refractivity contribution >= 4 is 114 Å². The molecule has 64 heavy (non-hydrogen) atoms. The van der Waals surface area contributed by atoms with Crippen molar-refractivity contribution in [2.24, 2.45) is 0 Å². The Kier molecular flexibility index (Phi) is 8.24.